The summed E-state index contributed by atoms with van der Waals surface area (Å²) in [4.78, 5) is 0.216. The lowest BCUT2D eigenvalue weighted by atomic mass is 10.1. The van der Waals surface area contributed by atoms with E-state index in [4.69, 9.17) is 5.73 Å². The third-order valence-electron chi connectivity index (χ3n) is 1.47. The van der Waals surface area contributed by atoms with Gasteiger partial charge in [0.25, 0.3) is 0 Å². The van der Waals surface area contributed by atoms with E-state index in [9.17, 15) is 9.50 Å². The van der Waals surface area contributed by atoms with Gasteiger partial charge in [-0.1, -0.05) is 28.1 Å². The molecular formula is C8H7BrFNOS. The number of hydrogen-bond donors (Lipinski definition) is 2. The molecule has 0 heterocycles. The van der Waals surface area contributed by atoms with Gasteiger partial charge in [0.05, 0.1) is 4.99 Å². The highest BCUT2D eigenvalue weighted by atomic mass is 79.9. The first-order chi connectivity index (χ1) is 6.00. The van der Waals surface area contributed by atoms with Gasteiger partial charge in [0.15, 0.2) is 11.6 Å². The lowest BCUT2D eigenvalue weighted by Gasteiger charge is -2.04. The third-order valence-corrected chi connectivity index (χ3v) is 2.07. The topological polar surface area (TPSA) is 46.2 Å². The second kappa shape index (κ2) is 4.02. The molecule has 5 heteroatoms. The first kappa shape index (κ1) is 10.4. The minimum Gasteiger partial charge on any atom is -0.505 e. The minimum absolute atomic E-state index is 0.192. The fourth-order valence-electron chi connectivity index (χ4n) is 0.942. The molecule has 0 aliphatic rings. The van der Waals surface area contributed by atoms with Gasteiger partial charge >= 0.3 is 0 Å². The number of hydrogen-bond acceptors (Lipinski definition) is 2. The average molecular weight is 264 g/mol. The Kier molecular flexibility index (Phi) is 3.22. The van der Waals surface area contributed by atoms with Gasteiger partial charge in [-0.05, 0) is 12.1 Å². The number of phenols is 1. The summed E-state index contributed by atoms with van der Waals surface area (Å²) in [7, 11) is 0. The predicted molar refractivity (Wildman–Crippen MR) is 56.3 cm³/mol. The second-order valence-corrected chi connectivity index (χ2v) is 3.98. The van der Waals surface area contributed by atoms with Gasteiger partial charge in [0.1, 0.15) is 0 Å². The van der Waals surface area contributed by atoms with Crippen molar-refractivity contribution in [2.24, 2.45) is 5.73 Å². The predicted octanol–water partition coefficient (Wildman–Crippen LogP) is 2.12. The number of halogens is 2. The van der Waals surface area contributed by atoms with Crippen molar-refractivity contribution in [2.75, 3.05) is 0 Å². The van der Waals surface area contributed by atoms with E-state index in [-0.39, 0.29) is 11.4 Å². The Morgan fingerprint density at radius 2 is 2.23 bits per heavy atom. The van der Waals surface area contributed by atoms with Crippen LogP contribution in [0.4, 0.5) is 4.39 Å². The zero-order chi connectivity index (χ0) is 10.0. The number of benzene rings is 1. The minimum atomic E-state index is -0.680. The maximum absolute atomic E-state index is 12.9. The Balaban J connectivity index is 3.12. The van der Waals surface area contributed by atoms with E-state index in [1.54, 1.807) is 6.07 Å². The van der Waals surface area contributed by atoms with Crippen molar-refractivity contribution in [1.82, 2.24) is 0 Å². The Morgan fingerprint density at radius 3 is 2.77 bits per heavy atom. The van der Waals surface area contributed by atoms with Gasteiger partial charge in [-0.3, -0.25) is 0 Å². The Hall–Kier alpha value is -0.680. The quantitative estimate of drug-likeness (QED) is 0.804. The van der Waals surface area contributed by atoms with Crippen LogP contribution in [-0.2, 0) is 6.42 Å². The zero-order valence-corrected chi connectivity index (χ0v) is 8.95. The maximum Gasteiger partial charge on any atom is 0.166 e. The van der Waals surface area contributed by atoms with Crippen molar-refractivity contribution < 1.29 is 9.50 Å². The van der Waals surface area contributed by atoms with Crippen LogP contribution in [0.3, 0.4) is 0 Å². The van der Waals surface area contributed by atoms with Crippen molar-refractivity contribution in [3.63, 3.8) is 0 Å². The molecule has 70 valence electrons. The number of thiocarbonyl (C=S) groups is 1. The second-order valence-electron chi connectivity index (χ2n) is 2.54. The molecule has 0 aliphatic heterocycles. The Labute approximate surface area is 88.7 Å². The Morgan fingerprint density at radius 1 is 1.62 bits per heavy atom. The lowest BCUT2D eigenvalue weighted by molar-refractivity contribution is 0.427. The summed E-state index contributed by atoms with van der Waals surface area (Å²) >= 11 is 7.75. The molecule has 0 atom stereocenters. The van der Waals surface area contributed by atoms with E-state index < -0.39 is 11.6 Å². The van der Waals surface area contributed by atoms with Crippen LogP contribution in [0.15, 0.2) is 16.6 Å². The molecule has 0 aliphatic carbocycles. The van der Waals surface area contributed by atoms with Crippen LogP contribution < -0.4 is 5.73 Å². The van der Waals surface area contributed by atoms with Crippen molar-refractivity contribution in [2.45, 2.75) is 6.42 Å². The van der Waals surface area contributed by atoms with Gasteiger partial charge in [0.2, 0.25) is 0 Å². The molecule has 0 unspecified atom stereocenters. The summed E-state index contributed by atoms with van der Waals surface area (Å²) in [6, 6.07) is 2.76. The molecule has 0 spiro atoms. The molecule has 1 aromatic rings. The number of phenolic OH excluding ortho intramolecular Hbond substituents is 1. The van der Waals surface area contributed by atoms with Crippen LogP contribution in [0.25, 0.3) is 0 Å². The normalized spacial score (nSPS) is 10.0. The van der Waals surface area contributed by atoms with Crippen LogP contribution in [0.1, 0.15) is 5.56 Å². The van der Waals surface area contributed by atoms with E-state index in [1.807, 2.05) is 0 Å². The third kappa shape index (κ3) is 2.63. The van der Waals surface area contributed by atoms with E-state index in [0.29, 0.717) is 10.0 Å². The van der Waals surface area contributed by atoms with Gasteiger partial charge in [-0.15, -0.1) is 0 Å². The highest BCUT2D eigenvalue weighted by Crippen LogP contribution is 2.26. The molecule has 0 saturated heterocycles. The fourth-order valence-corrected chi connectivity index (χ4v) is 1.57. The van der Waals surface area contributed by atoms with Crippen LogP contribution in [-0.4, -0.2) is 10.1 Å². The van der Waals surface area contributed by atoms with E-state index >= 15 is 0 Å². The highest BCUT2D eigenvalue weighted by molar-refractivity contribution is 9.10. The molecule has 1 rings (SSSR count). The van der Waals surface area contributed by atoms with Gasteiger partial charge < -0.3 is 10.8 Å². The first-order valence-corrected chi connectivity index (χ1v) is 4.66. The van der Waals surface area contributed by atoms with Crippen molar-refractivity contribution in [3.8, 4) is 5.75 Å². The van der Waals surface area contributed by atoms with E-state index in [0.717, 1.165) is 0 Å². The van der Waals surface area contributed by atoms with Crippen LogP contribution in [0.2, 0.25) is 0 Å². The number of rotatable bonds is 2. The van der Waals surface area contributed by atoms with Crippen molar-refractivity contribution in [3.05, 3.63) is 28.0 Å². The van der Waals surface area contributed by atoms with Gasteiger partial charge in [-0.2, -0.15) is 0 Å². The molecule has 1 aromatic carbocycles. The molecule has 0 bridgehead atoms. The van der Waals surface area contributed by atoms with Crippen molar-refractivity contribution in [1.29, 1.82) is 0 Å². The summed E-state index contributed by atoms with van der Waals surface area (Å²) in [6.07, 6.45) is 0.192. The smallest absolute Gasteiger partial charge is 0.166 e. The van der Waals surface area contributed by atoms with E-state index in [1.165, 1.54) is 6.07 Å². The maximum atomic E-state index is 12.9. The van der Waals surface area contributed by atoms with Crippen LogP contribution in [0, 0.1) is 5.82 Å². The SMILES string of the molecule is NC(=S)Cc1cc(Br)cc(F)c1O. The molecule has 0 radical (unpaired) electrons. The average Bonchev–Trinajstić information content (AvgIpc) is 1.98. The van der Waals surface area contributed by atoms with Crippen LogP contribution >= 0.6 is 28.1 Å². The molecular weight excluding hydrogens is 257 g/mol. The number of nitrogens with two attached hydrogens (primary N) is 1. The first-order valence-electron chi connectivity index (χ1n) is 3.46. The summed E-state index contributed by atoms with van der Waals surface area (Å²) in [5, 5.41) is 9.26. The largest absolute Gasteiger partial charge is 0.505 e. The molecule has 0 amide bonds. The van der Waals surface area contributed by atoms with Crippen LogP contribution in [0.5, 0.6) is 5.75 Å². The zero-order valence-electron chi connectivity index (χ0n) is 6.55. The molecule has 0 fully saturated rings. The number of aromatic hydroxyl groups is 1. The molecule has 3 N–H and O–H groups in total. The summed E-state index contributed by atoms with van der Waals surface area (Å²) in [5.74, 6) is -1.07. The summed E-state index contributed by atoms with van der Waals surface area (Å²) < 4.78 is 13.5. The molecule has 0 aromatic heterocycles. The lowest BCUT2D eigenvalue weighted by Crippen LogP contribution is -2.11. The summed E-state index contributed by atoms with van der Waals surface area (Å²) in [6.45, 7) is 0. The van der Waals surface area contributed by atoms with Gasteiger partial charge in [-0.25, -0.2) is 4.39 Å². The van der Waals surface area contributed by atoms with E-state index in [2.05, 4.69) is 28.1 Å². The molecule has 13 heavy (non-hydrogen) atoms. The molecule has 2 nitrogen and oxygen atoms in total. The summed E-state index contributed by atoms with van der Waals surface area (Å²) in [5.41, 5.74) is 5.66. The standard InChI is InChI=1S/C8H7BrFNOS/c9-5-1-4(2-7(11)13)8(12)6(10)3-5/h1,3,12H,2H2,(H2,11,13). The molecule has 0 saturated carbocycles. The Bertz CT molecular complexity index is 356. The van der Waals surface area contributed by atoms with Crippen molar-refractivity contribution >= 4 is 33.1 Å². The van der Waals surface area contributed by atoms with Gasteiger partial charge in [0, 0.05) is 16.5 Å². The monoisotopic (exact) mass is 263 g/mol. The highest BCUT2D eigenvalue weighted by Gasteiger charge is 2.09. The fraction of sp³-hybridized carbons (Fsp3) is 0.125.